The Balaban J connectivity index is 1.44. The first-order chi connectivity index (χ1) is 17.5. The molecule has 0 radical (unpaired) electrons. The largest absolute Gasteiger partial charge is 0.492 e. The summed E-state index contributed by atoms with van der Waals surface area (Å²) in [7, 11) is 0. The van der Waals surface area contributed by atoms with Crippen molar-refractivity contribution >= 4 is 46.1 Å². The highest BCUT2D eigenvalue weighted by molar-refractivity contribution is 6.36. The lowest BCUT2D eigenvalue weighted by Crippen LogP contribution is -2.63. The number of furan rings is 1. The summed E-state index contributed by atoms with van der Waals surface area (Å²) >= 11 is 12.9. The second-order valence-electron chi connectivity index (χ2n) is 9.63. The minimum absolute atomic E-state index is 0.0590. The molecule has 1 aromatic carbocycles. The van der Waals surface area contributed by atoms with Crippen LogP contribution < -0.4 is 10.1 Å². The van der Waals surface area contributed by atoms with Crippen LogP contribution >= 0.6 is 23.2 Å². The third-order valence-electron chi connectivity index (χ3n) is 7.18. The van der Waals surface area contributed by atoms with Gasteiger partial charge in [-0.1, -0.05) is 55.8 Å². The topological polar surface area (TPSA) is 76.7 Å². The fraction of sp³-hybridized carbons (Fsp3) is 0.481. The lowest BCUT2D eigenvalue weighted by molar-refractivity contribution is -0.130. The molecule has 7 nitrogen and oxygen atoms in total. The Morgan fingerprint density at radius 1 is 1.11 bits per heavy atom. The van der Waals surface area contributed by atoms with E-state index in [-0.39, 0.29) is 30.9 Å². The predicted octanol–water partition coefficient (Wildman–Crippen LogP) is 5.67. The Morgan fingerprint density at radius 3 is 2.56 bits per heavy atom. The van der Waals surface area contributed by atoms with Crippen LogP contribution in [0, 0.1) is 0 Å². The van der Waals surface area contributed by atoms with Gasteiger partial charge in [0.25, 0.3) is 11.8 Å². The van der Waals surface area contributed by atoms with Crippen molar-refractivity contribution in [2.45, 2.75) is 69.1 Å². The number of ether oxygens (including phenoxy) is 1. The second kappa shape index (κ2) is 10.8. The number of amides is 2. The Labute approximate surface area is 220 Å². The highest BCUT2D eigenvalue weighted by atomic mass is 35.5. The number of hydrogen-bond acceptors (Lipinski definition) is 4. The molecule has 0 spiro atoms. The predicted molar refractivity (Wildman–Crippen MR) is 140 cm³/mol. The van der Waals surface area contributed by atoms with Crippen LogP contribution in [-0.4, -0.2) is 44.8 Å². The maximum Gasteiger partial charge on any atom is 0.272 e. The number of alkyl halides is 2. The van der Waals surface area contributed by atoms with E-state index in [0.717, 1.165) is 36.8 Å². The smallest absolute Gasteiger partial charge is 0.272 e. The van der Waals surface area contributed by atoms with E-state index in [1.165, 1.54) is 24.2 Å². The number of nitrogens with zero attached hydrogens (tertiary/aromatic N) is 2. The van der Waals surface area contributed by atoms with E-state index in [9.17, 15) is 9.59 Å². The van der Waals surface area contributed by atoms with Gasteiger partial charge in [-0.2, -0.15) is 0 Å². The summed E-state index contributed by atoms with van der Waals surface area (Å²) in [6.45, 7) is 0.729. The van der Waals surface area contributed by atoms with E-state index >= 15 is 0 Å². The number of rotatable bonds is 7. The van der Waals surface area contributed by atoms with Gasteiger partial charge < -0.3 is 23.9 Å². The molecule has 2 amide bonds. The summed E-state index contributed by atoms with van der Waals surface area (Å²) in [5, 5.41) is 3.20. The van der Waals surface area contributed by atoms with Crippen LogP contribution in [0.5, 0.6) is 5.75 Å². The van der Waals surface area contributed by atoms with Crippen LogP contribution in [0.25, 0.3) is 11.1 Å². The minimum atomic E-state index is -1.58. The molecule has 3 aromatic rings. The van der Waals surface area contributed by atoms with Crippen LogP contribution in [0.3, 0.4) is 0 Å². The third kappa shape index (κ3) is 4.96. The number of hydrogen-bond donors (Lipinski definition) is 1. The molecule has 36 heavy (non-hydrogen) atoms. The van der Waals surface area contributed by atoms with Crippen LogP contribution in [0.4, 0.5) is 0 Å². The van der Waals surface area contributed by atoms with Crippen molar-refractivity contribution in [1.29, 1.82) is 0 Å². The minimum Gasteiger partial charge on any atom is -0.492 e. The average molecular weight is 532 g/mol. The quantitative estimate of drug-likeness (QED) is 0.314. The van der Waals surface area contributed by atoms with Crippen LogP contribution in [0.1, 0.15) is 61.0 Å². The number of nitrogens with one attached hydrogen (secondary N) is 1. The molecular weight excluding hydrogens is 501 g/mol. The van der Waals surface area contributed by atoms with Crippen molar-refractivity contribution in [2.24, 2.45) is 0 Å². The van der Waals surface area contributed by atoms with Gasteiger partial charge in [0.1, 0.15) is 18.1 Å². The molecule has 5 rings (SSSR count). The van der Waals surface area contributed by atoms with Crippen molar-refractivity contribution in [1.82, 2.24) is 14.8 Å². The van der Waals surface area contributed by atoms with Gasteiger partial charge in [-0.05, 0) is 30.5 Å². The third-order valence-corrected chi connectivity index (χ3v) is 7.83. The SMILES string of the molecule is O=C1c2cc3occc3n2CC(Cl)(C(=O)NC2CCCCCCC2)N1Cc1ccc(OCCCl)cc1. The maximum atomic E-state index is 13.8. The Morgan fingerprint density at radius 2 is 1.83 bits per heavy atom. The number of aromatic nitrogens is 1. The van der Waals surface area contributed by atoms with Crippen LogP contribution in [0.15, 0.2) is 47.1 Å². The molecule has 3 heterocycles. The van der Waals surface area contributed by atoms with E-state index in [1.54, 1.807) is 23.0 Å². The molecule has 0 bridgehead atoms. The first-order valence-electron chi connectivity index (χ1n) is 12.7. The van der Waals surface area contributed by atoms with E-state index in [0.29, 0.717) is 29.5 Å². The van der Waals surface area contributed by atoms with Gasteiger partial charge in [0.05, 0.1) is 24.2 Å². The van der Waals surface area contributed by atoms with Gasteiger partial charge in [-0.3, -0.25) is 9.59 Å². The number of carbonyl (C=O) groups excluding carboxylic acids is 2. The van der Waals surface area contributed by atoms with E-state index in [2.05, 4.69) is 5.32 Å². The van der Waals surface area contributed by atoms with Gasteiger partial charge in [-0.25, -0.2) is 0 Å². The summed E-state index contributed by atoms with van der Waals surface area (Å²) in [5.74, 6) is 0.453. The molecule has 9 heteroatoms. The van der Waals surface area contributed by atoms with Crippen molar-refractivity contribution < 1.29 is 18.7 Å². The molecule has 1 unspecified atom stereocenters. The average Bonchev–Trinajstić information content (AvgIpc) is 3.45. The Hall–Kier alpha value is -2.64. The van der Waals surface area contributed by atoms with E-state index in [4.69, 9.17) is 32.4 Å². The monoisotopic (exact) mass is 531 g/mol. The van der Waals surface area contributed by atoms with Crippen molar-refractivity contribution in [3.8, 4) is 5.75 Å². The van der Waals surface area contributed by atoms with Crippen LogP contribution in [-0.2, 0) is 17.9 Å². The molecule has 2 aliphatic rings. The zero-order chi connectivity index (χ0) is 25.1. The first kappa shape index (κ1) is 25.0. The number of carbonyl (C=O) groups is 2. The summed E-state index contributed by atoms with van der Waals surface area (Å²) < 4.78 is 12.9. The van der Waals surface area contributed by atoms with Crippen molar-refractivity contribution in [3.63, 3.8) is 0 Å². The van der Waals surface area contributed by atoms with E-state index < -0.39 is 5.00 Å². The first-order valence-corrected chi connectivity index (χ1v) is 13.6. The van der Waals surface area contributed by atoms with Crippen LogP contribution in [0.2, 0.25) is 0 Å². The molecule has 2 aromatic heterocycles. The summed E-state index contributed by atoms with van der Waals surface area (Å²) in [6.07, 6.45) is 9.20. The lowest BCUT2D eigenvalue weighted by Gasteiger charge is -2.42. The van der Waals surface area contributed by atoms with Gasteiger partial charge in [0, 0.05) is 24.7 Å². The maximum absolute atomic E-state index is 13.8. The number of fused-ring (bicyclic) bond motifs is 3. The number of halogens is 2. The van der Waals surface area contributed by atoms with Crippen molar-refractivity contribution in [2.75, 3.05) is 12.5 Å². The lowest BCUT2D eigenvalue weighted by atomic mass is 9.96. The normalized spacial score (nSPS) is 21.2. The van der Waals surface area contributed by atoms with Gasteiger partial charge in [0.15, 0.2) is 5.58 Å². The van der Waals surface area contributed by atoms with E-state index in [1.807, 2.05) is 24.3 Å². The molecule has 1 aliphatic heterocycles. The van der Waals surface area contributed by atoms with Gasteiger partial charge in [-0.15, -0.1) is 11.6 Å². The Kier molecular flexibility index (Phi) is 7.49. The number of benzene rings is 1. The molecule has 1 aliphatic carbocycles. The Bertz CT molecular complexity index is 1210. The van der Waals surface area contributed by atoms with Gasteiger partial charge in [0.2, 0.25) is 5.00 Å². The molecule has 1 N–H and O–H groups in total. The van der Waals surface area contributed by atoms with Crippen molar-refractivity contribution in [3.05, 3.63) is 53.9 Å². The molecule has 192 valence electrons. The molecule has 1 fully saturated rings. The molecule has 1 atom stereocenters. The fourth-order valence-electron chi connectivity index (χ4n) is 5.24. The molecular formula is C27H31Cl2N3O4. The highest BCUT2D eigenvalue weighted by Gasteiger charge is 2.50. The van der Waals surface area contributed by atoms with Gasteiger partial charge >= 0.3 is 0 Å². The zero-order valence-corrected chi connectivity index (χ0v) is 21.7. The summed E-state index contributed by atoms with van der Waals surface area (Å²) in [6, 6.07) is 11.0. The standard InChI is InChI=1S/C27H31Cl2N3O4/c28-13-15-35-21-10-8-19(9-11-21)17-32-25(33)23-16-24-22(12-14-36-24)31(23)18-27(32,29)26(34)30-20-6-4-2-1-3-5-7-20/h8-12,14,16,20H,1-7,13,15,17-18H2,(H,30,34). The summed E-state index contributed by atoms with van der Waals surface area (Å²) in [5.41, 5.74) is 2.65. The highest BCUT2D eigenvalue weighted by Crippen LogP contribution is 2.37. The summed E-state index contributed by atoms with van der Waals surface area (Å²) in [4.78, 5) is 27.5. The molecule has 1 saturated carbocycles. The fourth-order valence-corrected chi connectivity index (χ4v) is 5.62. The molecule has 0 saturated heterocycles. The zero-order valence-electron chi connectivity index (χ0n) is 20.2. The second-order valence-corrected chi connectivity index (χ2v) is 10.6.